The molecule has 1 aliphatic heterocycles. The molecule has 0 aromatic carbocycles. The molecule has 2 aliphatic carbocycles. The smallest absolute Gasteiger partial charge is 0.227 e. The molecular formula is C20H35N3O2. The average Bonchev–Trinajstić information content (AvgIpc) is 3.32. The Morgan fingerprint density at radius 3 is 2.32 bits per heavy atom. The van der Waals surface area contributed by atoms with Crippen molar-refractivity contribution in [3.05, 3.63) is 0 Å². The van der Waals surface area contributed by atoms with Crippen molar-refractivity contribution in [3.63, 3.8) is 0 Å². The Morgan fingerprint density at radius 1 is 1.00 bits per heavy atom. The van der Waals surface area contributed by atoms with E-state index in [1.165, 1.54) is 38.5 Å². The highest BCUT2D eigenvalue weighted by atomic mass is 16.2. The molecule has 1 heterocycles. The number of hydrogen-bond donors (Lipinski definition) is 0. The molecule has 1 atom stereocenters. The van der Waals surface area contributed by atoms with Crippen LogP contribution in [0.5, 0.6) is 0 Å². The van der Waals surface area contributed by atoms with E-state index >= 15 is 0 Å². The Kier molecular flexibility index (Phi) is 6.37. The van der Waals surface area contributed by atoms with Crippen molar-refractivity contribution in [1.82, 2.24) is 14.7 Å². The maximum Gasteiger partial charge on any atom is 0.227 e. The molecule has 0 aromatic heterocycles. The van der Waals surface area contributed by atoms with E-state index in [2.05, 4.69) is 11.9 Å². The second kappa shape index (κ2) is 8.52. The number of piperidine rings is 1. The van der Waals surface area contributed by atoms with Crippen LogP contribution in [0.15, 0.2) is 0 Å². The van der Waals surface area contributed by atoms with Gasteiger partial charge in [0.1, 0.15) is 0 Å². The fraction of sp³-hybridized carbons (Fsp3) is 0.900. The molecule has 1 saturated heterocycles. The van der Waals surface area contributed by atoms with E-state index in [0.717, 1.165) is 32.4 Å². The quantitative estimate of drug-likeness (QED) is 0.740. The van der Waals surface area contributed by atoms with Crippen molar-refractivity contribution >= 4 is 11.8 Å². The molecular weight excluding hydrogens is 314 g/mol. The number of nitrogens with zero attached hydrogens (tertiary/aromatic N) is 3. The van der Waals surface area contributed by atoms with Crippen molar-refractivity contribution < 1.29 is 9.59 Å². The van der Waals surface area contributed by atoms with Crippen LogP contribution in [0.2, 0.25) is 0 Å². The average molecular weight is 350 g/mol. The van der Waals surface area contributed by atoms with Gasteiger partial charge >= 0.3 is 0 Å². The van der Waals surface area contributed by atoms with Crippen LogP contribution in [0.25, 0.3) is 0 Å². The Labute approximate surface area is 152 Å². The molecule has 5 heteroatoms. The monoisotopic (exact) mass is 349 g/mol. The van der Waals surface area contributed by atoms with E-state index in [1.807, 2.05) is 16.8 Å². The third-order valence-corrected chi connectivity index (χ3v) is 6.67. The molecule has 0 radical (unpaired) electrons. The van der Waals surface area contributed by atoms with Gasteiger partial charge in [0.05, 0.1) is 5.92 Å². The third kappa shape index (κ3) is 4.55. The third-order valence-electron chi connectivity index (χ3n) is 6.67. The van der Waals surface area contributed by atoms with Gasteiger partial charge < -0.3 is 14.7 Å². The van der Waals surface area contributed by atoms with Crippen LogP contribution in [-0.4, -0.2) is 72.3 Å². The molecule has 0 N–H and O–H groups in total. The lowest BCUT2D eigenvalue weighted by molar-refractivity contribution is -0.144. The summed E-state index contributed by atoms with van der Waals surface area (Å²) in [5.41, 5.74) is 0. The normalized spacial score (nSPS) is 26.0. The predicted molar refractivity (Wildman–Crippen MR) is 99.2 cm³/mol. The first kappa shape index (κ1) is 18.7. The van der Waals surface area contributed by atoms with Crippen LogP contribution in [0.4, 0.5) is 0 Å². The van der Waals surface area contributed by atoms with Crippen LogP contribution in [0, 0.1) is 5.92 Å². The van der Waals surface area contributed by atoms with Gasteiger partial charge in [-0.25, -0.2) is 0 Å². The van der Waals surface area contributed by atoms with Gasteiger partial charge in [-0.1, -0.05) is 25.7 Å². The van der Waals surface area contributed by atoms with E-state index in [1.54, 1.807) is 0 Å². The SMILES string of the molecule is CN(CCN(C)C1CCCC1)C(=O)C1CCC(=O)N(C2CCCC2)C1. The summed E-state index contributed by atoms with van der Waals surface area (Å²) in [6, 6.07) is 1.09. The molecule has 2 saturated carbocycles. The van der Waals surface area contributed by atoms with Crippen molar-refractivity contribution in [2.45, 2.75) is 76.3 Å². The van der Waals surface area contributed by atoms with Crippen LogP contribution >= 0.6 is 0 Å². The molecule has 142 valence electrons. The summed E-state index contributed by atoms with van der Waals surface area (Å²) in [6.45, 7) is 2.38. The Hall–Kier alpha value is -1.10. The Bertz CT molecular complexity index is 470. The van der Waals surface area contributed by atoms with Gasteiger partial charge in [-0.3, -0.25) is 9.59 Å². The van der Waals surface area contributed by atoms with Gasteiger partial charge in [0.2, 0.25) is 11.8 Å². The molecule has 2 amide bonds. The zero-order chi connectivity index (χ0) is 17.8. The summed E-state index contributed by atoms with van der Waals surface area (Å²) >= 11 is 0. The fourth-order valence-corrected chi connectivity index (χ4v) is 4.90. The van der Waals surface area contributed by atoms with Crippen LogP contribution in [-0.2, 0) is 9.59 Å². The van der Waals surface area contributed by atoms with E-state index in [-0.39, 0.29) is 17.7 Å². The maximum absolute atomic E-state index is 12.9. The summed E-state index contributed by atoms with van der Waals surface area (Å²) in [7, 11) is 4.12. The van der Waals surface area contributed by atoms with Gasteiger partial charge in [-0.15, -0.1) is 0 Å². The number of likely N-dealkylation sites (N-methyl/N-ethyl adjacent to an activating group) is 2. The second-order valence-corrected chi connectivity index (χ2v) is 8.40. The Morgan fingerprint density at radius 2 is 1.64 bits per heavy atom. The van der Waals surface area contributed by atoms with Gasteiger partial charge in [0.25, 0.3) is 0 Å². The second-order valence-electron chi connectivity index (χ2n) is 8.40. The van der Waals surface area contributed by atoms with E-state index in [9.17, 15) is 9.59 Å². The molecule has 5 nitrogen and oxygen atoms in total. The van der Waals surface area contributed by atoms with Crippen LogP contribution < -0.4 is 0 Å². The van der Waals surface area contributed by atoms with Crippen LogP contribution in [0.1, 0.15) is 64.2 Å². The highest BCUT2D eigenvalue weighted by Crippen LogP contribution is 2.29. The van der Waals surface area contributed by atoms with Crippen molar-refractivity contribution in [2.24, 2.45) is 5.92 Å². The lowest BCUT2D eigenvalue weighted by Crippen LogP contribution is -2.50. The molecule has 0 spiro atoms. The number of amides is 2. The molecule has 1 unspecified atom stereocenters. The molecule has 0 bridgehead atoms. The largest absolute Gasteiger partial charge is 0.344 e. The number of likely N-dealkylation sites (tertiary alicyclic amines) is 1. The first-order valence-electron chi connectivity index (χ1n) is 10.3. The van der Waals surface area contributed by atoms with Gasteiger partial charge in [-0.2, -0.15) is 0 Å². The van der Waals surface area contributed by atoms with Gasteiger partial charge in [0.15, 0.2) is 0 Å². The highest BCUT2D eigenvalue weighted by Gasteiger charge is 2.36. The molecule has 0 aromatic rings. The summed E-state index contributed by atoms with van der Waals surface area (Å²) in [5, 5.41) is 0. The molecule has 25 heavy (non-hydrogen) atoms. The molecule has 3 aliphatic rings. The molecule has 3 rings (SSSR count). The van der Waals surface area contributed by atoms with Crippen molar-refractivity contribution in [1.29, 1.82) is 0 Å². The summed E-state index contributed by atoms with van der Waals surface area (Å²) < 4.78 is 0. The Balaban J connectivity index is 1.48. The zero-order valence-corrected chi connectivity index (χ0v) is 16.1. The number of rotatable bonds is 6. The maximum atomic E-state index is 12.9. The van der Waals surface area contributed by atoms with Crippen molar-refractivity contribution in [3.8, 4) is 0 Å². The van der Waals surface area contributed by atoms with E-state index < -0.39 is 0 Å². The first-order chi connectivity index (χ1) is 12.1. The minimum atomic E-state index is 0.0000803. The zero-order valence-electron chi connectivity index (χ0n) is 16.1. The summed E-state index contributed by atoms with van der Waals surface area (Å²) in [4.78, 5) is 31.5. The highest BCUT2D eigenvalue weighted by molar-refractivity contribution is 5.84. The minimum Gasteiger partial charge on any atom is -0.344 e. The number of hydrogen-bond acceptors (Lipinski definition) is 3. The van der Waals surface area contributed by atoms with Gasteiger partial charge in [0, 0.05) is 45.2 Å². The standard InChI is InChI=1S/C20H35N3O2/c1-21(17-7-3-4-8-17)13-14-22(2)20(25)16-11-12-19(24)23(15-16)18-9-5-6-10-18/h16-18H,3-15H2,1-2H3. The summed E-state index contributed by atoms with van der Waals surface area (Å²) in [6.07, 6.45) is 11.2. The lowest BCUT2D eigenvalue weighted by Gasteiger charge is -2.37. The topological polar surface area (TPSA) is 43.9 Å². The van der Waals surface area contributed by atoms with Crippen LogP contribution in [0.3, 0.4) is 0 Å². The predicted octanol–water partition coefficient (Wildman–Crippen LogP) is 2.50. The molecule has 3 fully saturated rings. The summed E-state index contributed by atoms with van der Waals surface area (Å²) in [5.74, 6) is 0.495. The number of carbonyl (C=O) groups is 2. The lowest BCUT2D eigenvalue weighted by atomic mass is 9.94. The van der Waals surface area contributed by atoms with Gasteiger partial charge in [-0.05, 0) is 39.2 Å². The van der Waals surface area contributed by atoms with Crippen molar-refractivity contribution in [2.75, 3.05) is 33.7 Å². The van der Waals surface area contributed by atoms with E-state index in [4.69, 9.17) is 0 Å². The first-order valence-corrected chi connectivity index (χ1v) is 10.3. The van der Waals surface area contributed by atoms with E-state index in [0.29, 0.717) is 25.0 Å². The number of carbonyl (C=O) groups excluding carboxylic acids is 2. The minimum absolute atomic E-state index is 0.0000803. The fourth-order valence-electron chi connectivity index (χ4n) is 4.90.